The Kier molecular flexibility index (Phi) is 0.995. The summed E-state index contributed by atoms with van der Waals surface area (Å²) in [5.41, 5.74) is 0. The minimum absolute atomic E-state index is 0.00523. The van der Waals surface area contributed by atoms with Gasteiger partial charge in [-0.1, -0.05) is 0 Å². The Hall–Kier alpha value is -0.240. The van der Waals surface area contributed by atoms with E-state index in [0.29, 0.717) is 11.8 Å². The molecule has 3 fully saturated rings. The molecule has 0 amide bonds. The van der Waals surface area contributed by atoms with Crippen molar-refractivity contribution in [3.8, 4) is 0 Å². The van der Waals surface area contributed by atoms with E-state index in [1.54, 1.807) is 0 Å². The van der Waals surface area contributed by atoms with E-state index in [1.165, 1.54) is 0 Å². The summed E-state index contributed by atoms with van der Waals surface area (Å²) < 4.78 is 5.18. The summed E-state index contributed by atoms with van der Waals surface area (Å²) in [6.07, 6.45) is 2.16. The maximum absolute atomic E-state index is 11.2. The van der Waals surface area contributed by atoms with Crippen LogP contribution in [0.2, 0.25) is 0 Å². The van der Waals surface area contributed by atoms with Crippen molar-refractivity contribution in [3.05, 3.63) is 0 Å². The van der Waals surface area contributed by atoms with Crippen LogP contribution in [0.15, 0.2) is 0 Å². The molecule has 0 aromatic carbocycles. The largest absolute Gasteiger partial charge is 0.460 e. The van der Waals surface area contributed by atoms with Crippen LogP contribution in [0.3, 0.4) is 0 Å². The van der Waals surface area contributed by atoms with Gasteiger partial charge in [0, 0.05) is 5.92 Å². The summed E-state index contributed by atoms with van der Waals surface area (Å²) in [5.74, 6) is 1.24. The van der Waals surface area contributed by atoms with Gasteiger partial charge in [-0.3, -0.25) is 4.79 Å². The van der Waals surface area contributed by atoms with Crippen molar-refractivity contribution < 1.29 is 9.53 Å². The molecule has 1 aliphatic heterocycles. The number of carbonyl (C=O) groups is 1. The fourth-order valence-corrected chi connectivity index (χ4v) is 3.33. The van der Waals surface area contributed by atoms with Crippen molar-refractivity contribution in [1.82, 2.24) is 0 Å². The maximum Gasteiger partial charge on any atom is 0.309 e. The third-order valence-corrected chi connectivity index (χ3v) is 3.99. The molecule has 5 atom stereocenters. The summed E-state index contributed by atoms with van der Waals surface area (Å²) in [6, 6.07) is 0. The first kappa shape index (κ1) is 6.30. The van der Waals surface area contributed by atoms with E-state index >= 15 is 0 Å². The second-order valence-corrected chi connectivity index (χ2v) is 4.35. The number of rotatable bonds is 0. The minimum atomic E-state index is 0.00523. The number of alkyl halides is 1. The van der Waals surface area contributed by atoms with Crippen LogP contribution in [0, 0.1) is 17.8 Å². The third kappa shape index (κ3) is 0.583. The first-order chi connectivity index (χ1) is 5.27. The number of carbonyl (C=O) groups excluding carboxylic acids is 1. The van der Waals surface area contributed by atoms with Gasteiger partial charge in [0.1, 0.15) is 6.10 Å². The predicted octanol–water partition coefficient (Wildman–Crippen LogP) is 1.18. The molecule has 2 saturated carbocycles. The van der Waals surface area contributed by atoms with Crippen molar-refractivity contribution in [2.75, 3.05) is 0 Å². The van der Waals surface area contributed by atoms with Gasteiger partial charge >= 0.3 is 5.97 Å². The lowest BCUT2D eigenvalue weighted by Gasteiger charge is -2.18. The van der Waals surface area contributed by atoms with Crippen LogP contribution in [0.1, 0.15) is 12.8 Å². The first-order valence-electron chi connectivity index (χ1n) is 4.12. The van der Waals surface area contributed by atoms with Crippen LogP contribution in [0.5, 0.6) is 0 Å². The molecule has 3 heteroatoms. The zero-order chi connectivity index (χ0) is 7.59. The van der Waals surface area contributed by atoms with E-state index in [-0.39, 0.29) is 23.4 Å². The van der Waals surface area contributed by atoms with E-state index in [9.17, 15) is 4.79 Å². The van der Waals surface area contributed by atoms with Crippen LogP contribution >= 0.6 is 11.6 Å². The van der Waals surface area contributed by atoms with Gasteiger partial charge < -0.3 is 4.74 Å². The number of fused-ring (bicyclic) bond motifs is 1. The first-order valence-corrected chi connectivity index (χ1v) is 4.55. The molecular formula is C8H9ClO2. The average molecular weight is 173 g/mol. The van der Waals surface area contributed by atoms with E-state index in [1.807, 2.05) is 0 Å². The van der Waals surface area contributed by atoms with Crippen molar-refractivity contribution >= 4 is 17.6 Å². The monoisotopic (exact) mass is 172 g/mol. The zero-order valence-corrected chi connectivity index (χ0v) is 6.75. The molecule has 11 heavy (non-hydrogen) atoms. The Labute approximate surface area is 69.9 Å². The van der Waals surface area contributed by atoms with Crippen molar-refractivity contribution in [1.29, 1.82) is 0 Å². The molecule has 3 aliphatic rings. The van der Waals surface area contributed by atoms with Crippen LogP contribution in [0.4, 0.5) is 0 Å². The zero-order valence-electron chi connectivity index (χ0n) is 6.00. The normalized spacial score (nSPS) is 58.6. The molecule has 0 unspecified atom stereocenters. The summed E-state index contributed by atoms with van der Waals surface area (Å²) in [4.78, 5) is 11.2. The number of esters is 1. The summed E-state index contributed by atoms with van der Waals surface area (Å²) in [7, 11) is 0. The van der Waals surface area contributed by atoms with Crippen molar-refractivity contribution in [2.45, 2.75) is 24.3 Å². The highest BCUT2D eigenvalue weighted by atomic mass is 35.5. The van der Waals surface area contributed by atoms with E-state index < -0.39 is 0 Å². The lowest BCUT2D eigenvalue weighted by atomic mass is 9.90. The maximum atomic E-state index is 11.2. The highest BCUT2D eigenvalue weighted by molar-refractivity contribution is 6.21. The standard InChI is InChI=1S/C8H9ClO2/c9-6-3-1-4-5(2-3)8(10)11-7(4)6/h3-7H,1-2H2/t3-,4-,5-,6-,7+/m1/s1. The lowest BCUT2D eigenvalue weighted by Crippen LogP contribution is -2.26. The summed E-state index contributed by atoms with van der Waals surface area (Å²) in [6.45, 7) is 0. The van der Waals surface area contributed by atoms with Gasteiger partial charge in [-0.05, 0) is 18.8 Å². The molecule has 0 aromatic rings. The van der Waals surface area contributed by atoms with E-state index in [2.05, 4.69) is 0 Å². The fraction of sp³-hybridized carbons (Fsp3) is 0.875. The van der Waals surface area contributed by atoms with Crippen LogP contribution in [-0.4, -0.2) is 17.5 Å². The van der Waals surface area contributed by atoms with Gasteiger partial charge in [0.05, 0.1) is 11.3 Å². The van der Waals surface area contributed by atoms with Gasteiger partial charge in [0.15, 0.2) is 0 Å². The van der Waals surface area contributed by atoms with Gasteiger partial charge in [-0.25, -0.2) is 0 Å². The molecule has 2 bridgehead atoms. The Bertz CT molecular complexity index is 228. The second kappa shape index (κ2) is 1.74. The molecule has 0 N–H and O–H groups in total. The Balaban J connectivity index is 2.04. The van der Waals surface area contributed by atoms with Gasteiger partial charge in [0.25, 0.3) is 0 Å². The molecule has 0 radical (unpaired) electrons. The lowest BCUT2D eigenvalue weighted by molar-refractivity contribution is -0.143. The summed E-state index contributed by atoms with van der Waals surface area (Å²) in [5, 5.41) is 0.114. The van der Waals surface area contributed by atoms with Crippen molar-refractivity contribution in [3.63, 3.8) is 0 Å². The molecule has 0 aromatic heterocycles. The number of halogens is 1. The van der Waals surface area contributed by atoms with E-state index in [0.717, 1.165) is 12.8 Å². The topological polar surface area (TPSA) is 26.3 Å². The molecule has 1 heterocycles. The predicted molar refractivity (Wildman–Crippen MR) is 39.2 cm³/mol. The fourth-order valence-electron chi connectivity index (χ4n) is 2.88. The molecule has 2 nitrogen and oxygen atoms in total. The smallest absolute Gasteiger partial charge is 0.309 e. The summed E-state index contributed by atoms with van der Waals surface area (Å²) >= 11 is 6.09. The number of hydrogen-bond acceptors (Lipinski definition) is 2. The van der Waals surface area contributed by atoms with E-state index in [4.69, 9.17) is 16.3 Å². The van der Waals surface area contributed by atoms with Gasteiger partial charge in [-0.15, -0.1) is 11.6 Å². The molecule has 0 spiro atoms. The van der Waals surface area contributed by atoms with Crippen molar-refractivity contribution in [2.24, 2.45) is 17.8 Å². The average Bonchev–Trinajstić information content (AvgIpc) is 2.53. The highest BCUT2D eigenvalue weighted by Gasteiger charge is 2.61. The van der Waals surface area contributed by atoms with Gasteiger partial charge in [0.2, 0.25) is 0 Å². The molecule has 2 aliphatic carbocycles. The number of ether oxygens (including phenoxy) is 1. The number of hydrogen-bond donors (Lipinski definition) is 0. The molecule has 60 valence electrons. The Morgan fingerprint density at radius 3 is 2.91 bits per heavy atom. The van der Waals surface area contributed by atoms with Gasteiger partial charge in [-0.2, -0.15) is 0 Å². The third-order valence-electron chi connectivity index (χ3n) is 3.39. The van der Waals surface area contributed by atoms with Crippen LogP contribution in [-0.2, 0) is 9.53 Å². The minimum Gasteiger partial charge on any atom is -0.460 e. The molecular weight excluding hydrogens is 164 g/mol. The SMILES string of the molecule is O=C1O[C@@H]2[C@H](Cl)[C@@H]3C[C@@H]2[C@H]1C3. The quantitative estimate of drug-likeness (QED) is 0.405. The molecule has 3 rings (SSSR count). The van der Waals surface area contributed by atoms with Crippen LogP contribution < -0.4 is 0 Å². The Morgan fingerprint density at radius 2 is 2.27 bits per heavy atom. The second-order valence-electron chi connectivity index (χ2n) is 3.85. The van der Waals surface area contributed by atoms with Crippen LogP contribution in [0.25, 0.3) is 0 Å². The Morgan fingerprint density at radius 1 is 1.45 bits per heavy atom. The highest BCUT2D eigenvalue weighted by Crippen LogP contribution is 2.56. The molecule has 1 saturated heterocycles.